The summed E-state index contributed by atoms with van der Waals surface area (Å²) in [5.41, 5.74) is 2.45. The van der Waals surface area contributed by atoms with Gasteiger partial charge in [-0.05, 0) is 30.4 Å². The molecule has 0 radical (unpaired) electrons. The summed E-state index contributed by atoms with van der Waals surface area (Å²) in [7, 11) is 0. The van der Waals surface area contributed by atoms with Crippen molar-refractivity contribution in [1.29, 1.82) is 0 Å². The zero-order chi connectivity index (χ0) is 13.9. The van der Waals surface area contributed by atoms with E-state index in [1.807, 2.05) is 12.1 Å². The molecule has 3 rings (SSSR count). The highest BCUT2D eigenvalue weighted by molar-refractivity contribution is 5.90. The van der Waals surface area contributed by atoms with E-state index in [-0.39, 0.29) is 36.3 Å². The molecule has 2 amide bonds. The van der Waals surface area contributed by atoms with Crippen LogP contribution in [0.4, 0.5) is 0 Å². The van der Waals surface area contributed by atoms with Crippen molar-refractivity contribution < 1.29 is 9.59 Å². The van der Waals surface area contributed by atoms with Crippen LogP contribution in [0.25, 0.3) is 0 Å². The first kappa shape index (κ1) is 15.8. The van der Waals surface area contributed by atoms with E-state index in [0.717, 1.165) is 12.8 Å². The molecule has 2 aliphatic rings. The topological polar surface area (TPSA) is 70.2 Å². The van der Waals surface area contributed by atoms with Gasteiger partial charge in [-0.25, -0.2) is 0 Å². The van der Waals surface area contributed by atoms with Crippen LogP contribution < -0.4 is 16.0 Å². The molecule has 0 aliphatic carbocycles. The largest absolute Gasteiger partial charge is 0.354 e. The Hall–Kier alpha value is -1.59. The molecule has 2 heterocycles. The van der Waals surface area contributed by atoms with E-state index in [9.17, 15) is 9.59 Å². The number of benzene rings is 1. The maximum absolute atomic E-state index is 12.3. The number of piperidine rings is 1. The number of fused-ring (bicyclic) bond motifs is 1. The van der Waals surface area contributed by atoms with Crippen LogP contribution in [0.15, 0.2) is 24.3 Å². The highest BCUT2D eigenvalue weighted by Crippen LogP contribution is 2.16. The van der Waals surface area contributed by atoms with E-state index in [1.54, 1.807) is 0 Å². The lowest BCUT2D eigenvalue weighted by Gasteiger charge is -2.28. The van der Waals surface area contributed by atoms with Gasteiger partial charge in [0.05, 0.1) is 6.04 Å². The number of carbonyl (C=O) groups excluding carboxylic acids is 2. The van der Waals surface area contributed by atoms with Gasteiger partial charge >= 0.3 is 0 Å². The molecular weight excluding hydrogens is 290 g/mol. The minimum Gasteiger partial charge on any atom is -0.354 e. The van der Waals surface area contributed by atoms with Crippen molar-refractivity contribution in [2.24, 2.45) is 0 Å². The van der Waals surface area contributed by atoms with E-state index < -0.39 is 0 Å². The standard InChI is InChI=1S/C15H19N3O2.ClH/c19-14-12(6-3-7-16-14)18-15(20)13-8-10-4-1-2-5-11(10)9-17-13;/h1-2,4-5,12-13,17H,3,6-9H2,(H,16,19)(H,18,20);1H. The highest BCUT2D eigenvalue weighted by atomic mass is 35.5. The van der Waals surface area contributed by atoms with Crippen LogP contribution in [0, 0.1) is 0 Å². The first-order valence-electron chi connectivity index (χ1n) is 7.12. The van der Waals surface area contributed by atoms with E-state index in [0.29, 0.717) is 19.5 Å². The second-order valence-electron chi connectivity index (χ2n) is 5.40. The zero-order valence-electron chi connectivity index (χ0n) is 11.7. The first-order valence-corrected chi connectivity index (χ1v) is 7.12. The molecule has 21 heavy (non-hydrogen) atoms. The van der Waals surface area contributed by atoms with Crippen molar-refractivity contribution in [3.63, 3.8) is 0 Å². The Bertz CT molecular complexity index is 535. The SMILES string of the molecule is Cl.O=C(NC1CCCNC1=O)C1Cc2ccccc2CN1. The van der Waals surface area contributed by atoms with Crippen LogP contribution in [-0.4, -0.2) is 30.4 Å². The molecule has 1 saturated heterocycles. The average Bonchev–Trinajstić information content (AvgIpc) is 2.49. The Morgan fingerprint density at radius 2 is 2.00 bits per heavy atom. The lowest BCUT2D eigenvalue weighted by atomic mass is 9.95. The summed E-state index contributed by atoms with van der Waals surface area (Å²) in [6.45, 7) is 1.41. The maximum Gasteiger partial charge on any atom is 0.242 e. The van der Waals surface area contributed by atoms with Crippen molar-refractivity contribution in [3.05, 3.63) is 35.4 Å². The van der Waals surface area contributed by atoms with Gasteiger partial charge in [-0.15, -0.1) is 12.4 Å². The summed E-state index contributed by atoms with van der Waals surface area (Å²) in [5.74, 6) is -0.151. The Morgan fingerprint density at radius 3 is 2.76 bits per heavy atom. The van der Waals surface area contributed by atoms with Gasteiger partial charge in [-0.3, -0.25) is 9.59 Å². The normalized spacial score (nSPS) is 24.3. The summed E-state index contributed by atoms with van der Waals surface area (Å²) in [6, 6.07) is 7.50. The monoisotopic (exact) mass is 309 g/mol. The molecule has 1 aromatic carbocycles. The molecule has 2 unspecified atom stereocenters. The van der Waals surface area contributed by atoms with Crippen molar-refractivity contribution in [1.82, 2.24) is 16.0 Å². The molecule has 0 aromatic heterocycles. The number of carbonyl (C=O) groups is 2. The predicted molar refractivity (Wildman–Crippen MR) is 82.2 cm³/mol. The van der Waals surface area contributed by atoms with Gasteiger partial charge < -0.3 is 16.0 Å². The fourth-order valence-electron chi connectivity index (χ4n) is 2.82. The third kappa shape index (κ3) is 3.54. The Balaban J connectivity index is 0.00000161. The van der Waals surface area contributed by atoms with Crippen molar-refractivity contribution in [2.75, 3.05) is 6.54 Å². The van der Waals surface area contributed by atoms with Crippen LogP contribution in [0.5, 0.6) is 0 Å². The van der Waals surface area contributed by atoms with Crippen LogP contribution in [0.3, 0.4) is 0 Å². The number of hydrogen-bond donors (Lipinski definition) is 3. The van der Waals surface area contributed by atoms with Crippen molar-refractivity contribution >= 4 is 24.2 Å². The minimum atomic E-state index is -0.379. The quantitative estimate of drug-likeness (QED) is 0.746. The molecule has 2 aliphatic heterocycles. The number of hydrogen-bond acceptors (Lipinski definition) is 3. The fourth-order valence-corrected chi connectivity index (χ4v) is 2.82. The predicted octanol–water partition coefficient (Wildman–Crippen LogP) is 0.517. The summed E-state index contributed by atoms with van der Waals surface area (Å²) in [6.07, 6.45) is 2.31. The smallest absolute Gasteiger partial charge is 0.242 e. The van der Waals surface area contributed by atoms with Gasteiger partial charge in [0.1, 0.15) is 6.04 Å². The molecule has 6 heteroatoms. The number of rotatable bonds is 2. The maximum atomic E-state index is 12.3. The Morgan fingerprint density at radius 1 is 1.24 bits per heavy atom. The highest BCUT2D eigenvalue weighted by Gasteiger charge is 2.29. The van der Waals surface area contributed by atoms with Crippen molar-refractivity contribution in [3.8, 4) is 0 Å². The molecule has 5 nitrogen and oxygen atoms in total. The van der Waals surface area contributed by atoms with Gasteiger partial charge in [0.25, 0.3) is 0 Å². The second-order valence-corrected chi connectivity index (χ2v) is 5.40. The zero-order valence-corrected chi connectivity index (χ0v) is 12.5. The lowest BCUT2D eigenvalue weighted by molar-refractivity contribution is -0.131. The number of nitrogens with one attached hydrogen (secondary N) is 3. The third-order valence-corrected chi connectivity index (χ3v) is 4.00. The minimum absolute atomic E-state index is 0. The lowest BCUT2D eigenvalue weighted by Crippen LogP contribution is -2.55. The van der Waals surface area contributed by atoms with Gasteiger partial charge in [0.15, 0.2) is 0 Å². The van der Waals surface area contributed by atoms with Crippen LogP contribution in [0.1, 0.15) is 24.0 Å². The average molecular weight is 310 g/mol. The molecule has 114 valence electrons. The summed E-state index contributed by atoms with van der Waals surface area (Å²) in [4.78, 5) is 23.9. The molecule has 0 saturated carbocycles. The second kappa shape index (κ2) is 6.91. The number of halogens is 1. The number of amides is 2. The van der Waals surface area contributed by atoms with Gasteiger partial charge in [-0.1, -0.05) is 24.3 Å². The summed E-state index contributed by atoms with van der Waals surface area (Å²) >= 11 is 0. The molecule has 1 fully saturated rings. The summed E-state index contributed by atoms with van der Waals surface area (Å²) < 4.78 is 0. The molecule has 0 spiro atoms. The van der Waals surface area contributed by atoms with E-state index in [2.05, 4.69) is 28.1 Å². The Labute approximate surface area is 130 Å². The molecule has 0 bridgehead atoms. The molecule has 3 N–H and O–H groups in total. The Kier molecular flexibility index (Phi) is 5.20. The molecule has 1 aromatic rings. The van der Waals surface area contributed by atoms with E-state index in [1.165, 1.54) is 11.1 Å². The van der Waals surface area contributed by atoms with Gasteiger partial charge in [-0.2, -0.15) is 0 Å². The van der Waals surface area contributed by atoms with Crippen LogP contribution in [0.2, 0.25) is 0 Å². The first-order chi connectivity index (χ1) is 9.74. The summed E-state index contributed by atoms with van der Waals surface area (Å²) in [5, 5.41) is 8.87. The van der Waals surface area contributed by atoms with Crippen molar-refractivity contribution in [2.45, 2.75) is 37.9 Å². The molecule has 2 atom stereocenters. The third-order valence-electron chi connectivity index (χ3n) is 4.00. The van der Waals surface area contributed by atoms with E-state index >= 15 is 0 Å². The van der Waals surface area contributed by atoms with Gasteiger partial charge in [0, 0.05) is 13.1 Å². The van der Waals surface area contributed by atoms with Gasteiger partial charge in [0.2, 0.25) is 11.8 Å². The molecular formula is C15H20ClN3O2. The van der Waals surface area contributed by atoms with Crippen LogP contribution in [-0.2, 0) is 22.6 Å². The van der Waals surface area contributed by atoms with Crippen LogP contribution >= 0.6 is 12.4 Å². The fraction of sp³-hybridized carbons (Fsp3) is 0.467. The van der Waals surface area contributed by atoms with E-state index in [4.69, 9.17) is 0 Å².